The summed E-state index contributed by atoms with van der Waals surface area (Å²) in [6, 6.07) is 1.60. The molecule has 2 aliphatic rings. The summed E-state index contributed by atoms with van der Waals surface area (Å²) in [5.74, 6) is 2.65. The molecular weight excluding hydrogens is 256 g/mol. The summed E-state index contributed by atoms with van der Waals surface area (Å²) < 4.78 is 0. The van der Waals surface area contributed by atoms with Gasteiger partial charge in [0, 0.05) is 18.6 Å². The molecule has 2 rings (SSSR count). The second-order valence-electron chi connectivity index (χ2n) is 8.06. The van der Waals surface area contributed by atoms with Crippen LogP contribution in [0.3, 0.4) is 0 Å². The first-order chi connectivity index (χ1) is 10.1. The molecule has 0 radical (unpaired) electrons. The van der Waals surface area contributed by atoms with E-state index >= 15 is 0 Å². The van der Waals surface area contributed by atoms with Crippen molar-refractivity contribution in [1.29, 1.82) is 0 Å². The predicted octanol–water partition coefficient (Wildman–Crippen LogP) is 4.30. The minimum atomic E-state index is 0.744. The summed E-state index contributed by atoms with van der Waals surface area (Å²) in [5.41, 5.74) is 0. The van der Waals surface area contributed by atoms with Gasteiger partial charge >= 0.3 is 0 Å². The van der Waals surface area contributed by atoms with Gasteiger partial charge in [0.2, 0.25) is 0 Å². The topological polar surface area (TPSA) is 15.3 Å². The lowest BCUT2D eigenvalue weighted by Gasteiger charge is -2.41. The monoisotopic (exact) mass is 294 g/mol. The summed E-state index contributed by atoms with van der Waals surface area (Å²) in [7, 11) is 4.56. The van der Waals surface area contributed by atoms with Crippen molar-refractivity contribution in [3.63, 3.8) is 0 Å². The number of hydrogen-bond donors (Lipinski definition) is 1. The molecule has 0 saturated heterocycles. The van der Waals surface area contributed by atoms with Crippen LogP contribution in [0.5, 0.6) is 0 Å². The third-order valence-corrected chi connectivity index (χ3v) is 6.31. The Morgan fingerprint density at radius 1 is 1.00 bits per heavy atom. The fourth-order valence-corrected chi connectivity index (χ4v) is 4.71. The standard InChI is InChI=1S/C19H38N2/c1-15(2)16-11-12-19(20-3)17(13-16)14-21(4)18-9-7-5-6-8-10-18/h15-20H,5-14H2,1-4H3. The number of nitrogens with zero attached hydrogens (tertiary/aromatic N) is 1. The van der Waals surface area contributed by atoms with Gasteiger partial charge in [0.25, 0.3) is 0 Å². The van der Waals surface area contributed by atoms with Gasteiger partial charge in [-0.15, -0.1) is 0 Å². The van der Waals surface area contributed by atoms with Crippen LogP contribution >= 0.6 is 0 Å². The Balaban J connectivity index is 1.90. The van der Waals surface area contributed by atoms with Crippen LogP contribution in [0.1, 0.15) is 71.6 Å². The van der Waals surface area contributed by atoms with Gasteiger partial charge in [-0.05, 0) is 64.0 Å². The molecule has 3 atom stereocenters. The van der Waals surface area contributed by atoms with Crippen molar-refractivity contribution in [3.05, 3.63) is 0 Å². The van der Waals surface area contributed by atoms with E-state index in [1.54, 1.807) is 0 Å². The van der Waals surface area contributed by atoms with E-state index in [1.807, 2.05) is 0 Å². The van der Waals surface area contributed by atoms with Crippen LogP contribution in [-0.2, 0) is 0 Å². The predicted molar refractivity (Wildman–Crippen MR) is 92.6 cm³/mol. The zero-order valence-electron chi connectivity index (χ0n) is 14.9. The van der Waals surface area contributed by atoms with Crippen molar-refractivity contribution >= 4 is 0 Å². The molecule has 0 aromatic rings. The largest absolute Gasteiger partial charge is 0.317 e. The molecule has 0 amide bonds. The normalized spacial score (nSPS) is 32.6. The third-order valence-electron chi connectivity index (χ3n) is 6.31. The molecular formula is C19H38N2. The van der Waals surface area contributed by atoms with Crippen molar-refractivity contribution in [1.82, 2.24) is 10.2 Å². The highest BCUT2D eigenvalue weighted by Gasteiger charge is 2.32. The highest BCUT2D eigenvalue weighted by Crippen LogP contribution is 2.35. The van der Waals surface area contributed by atoms with Crippen LogP contribution in [0.25, 0.3) is 0 Å². The number of nitrogens with one attached hydrogen (secondary N) is 1. The maximum absolute atomic E-state index is 3.61. The Morgan fingerprint density at radius 3 is 2.24 bits per heavy atom. The summed E-state index contributed by atoms with van der Waals surface area (Å²) in [4.78, 5) is 2.71. The molecule has 0 aromatic heterocycles. The Labute approximate surface area is 133 Å². The second kappa shape index (κ2) is 8.53. The number of rotatable bonds is 5. The molecule has 2 fully saturated rings. The van der Waals surface area contributed by atoms with Gasteiger partial charge < -0.3 is 10.2 Å². The van der Waals surface area contributed by atoms with Crippen LogP contribution < -0.4 is 5.32 Å². The fourth-order valence-electron chi connectivity index (χ4n) is 4.71. The van der Waals surface area contributed by atoms with Crippen LogP contribution in [0.15, 0.2) is 0 Å². The minimum absolute atomic E-state index is 0.744. The summed E-state index contributed by atoms with van der Waals surface area (Å²) in [5, 5.41) is 3.61. The zero-order chi connectivity index (χ0) is 15.2. The molecule has 3 unspecified atom stereocenters. The SMILES string of the molecule is CNC1CCC(C(C)C)CC1CN(C)C1CCCCCC1. The molecule has 2 heteroatoms. The van der Waals surface area contributed by atoms with E-state index in [4.69, 9.17) is 0 Å². The summed E-state index contributed by atoms with van der Waals surface area (Å²) in [6.07, 6.45) is 12.9. The smallest absolute Gasteiger partial charge is 0.0105 e. The molecule has 21 heavy (non-hydrogen) atoms. The molecule has 0 spiro atoms. The molecule has 2 nitrogen and oxygen atoms in total. The molecule has 2 saturated carbocycles. The zero-order valence-corrected chi connectivity index (χ0v) is 14.9. The highest BCUT2D eigenvalue weighted by molar-refractivity contribution is 4.87. The van der Waals surface area contributed by atoms with E-state index in [0.717, 1.165) is 29.8 Å². The maximum Gasteiger partial charge on any atom is 0.0105 e. The Morgan fingerprint density at radius 2 is 1.67 bits per heavy atom. The van der Waals surface area contributed by atoms with Crippen molar-refractivity contribution in [2.75, 3.05) is 20.6 Å². The lowest BCUT2D eigenvalue weighted by molar-refractivity contribution is 0.111. The van der Waals surface area contributed by atoms with Gasteiger partial charge in [0.05, 0.1) is 0 Å². The third kappa shape index (κ3) is 4.96. The first-order valence-electron chi connectivity index (χ1n) is 9.49. The number of hydrogen-bond acceptors (Lipinski definition) is 2. The van der Waals surface area contributed by atoms with Gasteiger partial charge in [0.15, 0.2) is 0 Å². The van der Waals surface area contributed by atoms with Gasteiger partial charge in [-0.2, -0.15) is 0 Å². The van der Waals surface area contributed by atoms with Crippen LogP contribution in [-0.4, -0.2) is 37.6 Å². The average Bonchev–Trinajstić information content (AvgIpc) is 2.76. The highest BCUT2D eigenvalue weighted by atomic mass is 15.1. The van der Waals surface area contributed by atoms with Crippen molar-refractivity contribution in [2.24, 2.45) is 17.8 Å². The Hall–Kier alpha value is -0.0800. The van der Waals surface area contributed by atoms with Gasteiger partial charge in [-0.25, -0.2) is 0 Å². The van der Waals surface area contributed by atoms with E-state index in [9.17, 15) is 0 Å². The molecule has 0 bridgehead atoms. The molecule has 1 N–H and O–H groups in total. The molecule has 0 heterocycles. The van der Waals surface area contributed by atoms with Crippen LogP contribution in [0, 0.1) is 17.8 Å². The summed E-state index contributed by atoms with van der Waals surface area (Å²) in [6.45, 7) is 6.13. The molecule has 124 valence electrons. The van der Waals surface area contributed by atoms with E-state index in [-0.39, 0.29) is 0 Å². The van der Waals surface area contributed by atoms with Gasteiger partial charge in [-0.3, -0.25) is 0 Å². The first-order valence-corrected chi connectivity index (χ1v) is 9.49. The maximum atomic E-state index is 3.61. The van der Waals surface area contributed by atoms with E-state index in [0.29, 0.717) is 0 Å². The van der Waals surface area contributed by atoms with Crippen molar-refractivity contribution < 1.29 is 0 Å². The van der Waals surface area contributed by atoms with E-state index in [1.165, 1.54) is 64.3 Å². The lowest BCUT2D eigenvalue weighted by Crippen LogP contribution is -2.46. The van der Waals surface area contributed by atoms with Crippen molar-refractivity contribution in [2.45, 2.75) is 83.7 Å². The molecule has 0 aromatic carbocycles. The molecule has 0 aliphatic heterocycles. The van der Waals surface area contributed by atoms with Crippen LogP contribution in [0.2, 0.25) is 0 Å². The molecule has 2 aliphatic carbocycles. The lowest BCUT2D eigenvalue weighted by atomic mass is 9.73. The minimum Gasteiger partial charge on any atom is -0.317 e. The van der Waals surface area contributed by atoms with E-state index < -0.39 is 0 Å². The first kappa shape index (κ1) is 17.3. The summed E-state index contributed by atoms with van der Waals surface area (Å²) >= 11 is 0. The van der Waals surface area contributed by atoms with Crippen LogP contribution in [0.4, 0.5) is 0 Å². The quantitative estimate of drug-likeness (QED) is 0.760. The Kier molecular flexibility index (Phi) is 7.01. The average molecular weight is 295 g/mol. The Bertz CT molecular complexity index is 281. The van der Waals surface area contributed by atoms with E-state index in [2.05, 4.69) is 38.2 Å². The van der Waals surface area contributed by atoms with Gasteiger partial charge in [-0.1, -0.05) is 39.5 Å². The van der Waals surface area contributed by atoms with Crippen molar-refractivity contribution in [3.8, 4) is 0 Å². The fraction of sp³-hybridized carbons (Fsp3) is 1.00. The second-order valence-corrected chi connectivity index (χ2v) is 8.06. The van der Waals surface area contributed by atoms with Gasteiger partial charge in [0.1, 0.15) is 0 Å².